The zero-order chi connectivity index (χ0) is 20.9. The summed E-state index contributed by atoms with van der Waals surface area (Å²) in [4.78, 5) is 4.09. The molecule has 0 amide bonds. The van der Waals surface area contributed by atoms with Crippen LogP contribution in [0, 0.1) is 9.39 Å². The summed E-state index contributed by atoms with van der Waals surface area (Å²) in [5.74, 6) is -0.830. The molecule has 4 atom stereocenters. The fourth-order valence-electron chi connectivity index (χ4n) is 4.12. The van der Waals surface area contributed by atoms with Crippen LogP contribution in [-0.4, -0.2) is 65.1 Å². The largest absolute Gasteiger partial charge is 0.347 e. The van der Waals surface area contributed by atoms with E-state index in [1.165, 1.54) is 10.7 Å². The van der Waals surface area contributed by atoms with Crippen LogP contribution in [0.15, 0.2) is 6.20 Å². The van der Waals surface area contributed by atoms with Crippen LogP contribution in [0.3, 0.4) is 0 Å². The lowest BCUT2D eigenvalue weighted by molar-refractivity contribution is 0.186. The smallest absolute Gasteiger partial charge is 0.241 e. The number of hydrogen-bond acceptors (Lipinski definition) is 5. The standard InChI is InChI=1S/C17H21F3IN5O2S/c1-29(27,28)25-6-5-12(11(19)8-25)23-17-22-7-13-14(20)15(21)16(26(13)24-17)9-3-2-4-10(9)18/h7,9-12H,2-6,8H2,1H3,(H,23,24)/t9?,10?,11-,12-/m1/s1. The average Bonchev–Trinajstić information content (AvgIpc) is 3.17. The lowest BCUT2D eigenvalue weighted by Gasteiger charge is -2.33. The van der Waals surface area contributed by atoms with Crippen molar-refractivity contribution in [2.75, 3.05) is 24.7 Å². The van der Waals surface area contributed by atoms with E-state index in [4.69, 9.17) is 0 Å². The van der Waals surface area contributed by atoms with E-state index in [1.54, 1.807) is 0 Å². The summed E-state index contributed by atoms with van der Waals surface area (Å²) in [5, 5.41) is 7.21. The van der Waals surface area contributed by atoms with Crippen molar-refractivity contribution in [1.82, 2.24) is 18.9 Å². The number of aromatic nitrogens is 3. The van der Waals surface area contributed by atoms with Gasteiger partial charge >= 0.3 is 0 Å². The van der Waals surface area contributed by atoms with Gasteiger partial charge in [0, 0.05) is 19.0 Å². The summed E-state index contributed by atoms with van der Waals surface area (Å²) in [6.45, 7) is -0.0578. The number of fused-ring (bicyclic) bond motifs is 1. The topological polar surface area (TPSA) is 79.6 Å². The van der Waals surface area contributed by atoms with Crippen LogP contribution in [0.4, 0.5) is 19.1 Å². The van der Waals surface area contributed by atoms with E-state index < -0.39 is 40.1 Å². The van der Waals surface area contributed by atoms with E-state index in [0.717, 1.165) is 17.0 Å². The first-order valence-electron chi connectivity index (χ1n) is 9.39. The van der Waals surface area contributed by atoms with Gasteiger partial charge < -0.3 is 5.32 Å². The van der Waals surface area contributed by atoms with Gasteiger partial charge in [-0.15, -0.1) is 5.10 Å². The van der Waals surface area contributed by atoms with Crippen molar-refractivity contribution < 1.29 is 21.6 Å². The predicted molar refractivity (Wildman–Crippen MR) is 110 cm³/mol. The first kappa shape index (κ1) is 21.1. The lowest BCUT2D eigenvalue weighted by atomic mass is 10.0. The van der Waals surface area contributed by atoms with Crippen LogP contribution in [0.1, 0.15) is 37.3 Å². The third-order valence-corrected chi connectivity index (χ3v) is 7.97. The van der Waals surface area contributed by atoms with Crippen molar-refractivity contribution in [2.24, 2.45) is 0 Å². The summed E-state index contributed by atoms with van der Waals surface area (Å²) in [6, 6.07) is -0.672. The molecule has 0 spiro atoms. The van der Waals surface area contributed by atoms with E-state index in [0.29, 0.717) is 22.1 Å². The number of rotatable bonds is 4. The molecular formula is C17H21F3IN5O2S. The second kappa shape index (κ2) is 7.84. The molecule has 1 saturated heterocycles. The van der Waals surface area contributed by atoms with Crippen LogP contribution in [0.5, 0.6) is 0 Å². The Kier molecular flexibility index (Phi) is 5.70. The maximum Gasteiger partial charge on any atom is 0.241 e. The van der Waals surface area contributed by atoms with Crippen LogP contribution in [0.2, 0.25) is 0 Å². The molecule has 1 N–H and O–H groups in total. The molecule has 29 heavy (non-hydrogen) atoms. The summed E-state index contributed by atoms with van der Waals surface area (Å²) in [6.07, 6.45) is 1.89. The van der Waals surface area contributed by atoms with Crippen LogP contribution >= 0.6 is 22.6 Å². The zero-order valence-corrected chi connectivity index (χ0v) is 18.6. The quantitative estimate of drug-likeness (QED) is 0.601. The number of anilines is 1. The van der Waals surface area contributed by atoms with Gasteiger partial charge in [0.2, 0.25) is 16.0 Å². The maximum atomic E-state index is 14.6. The van der Waals surface area contributed by atoms with E-state index in [1.807, 2.05) is 22.6 Å². The van der Waals surface area contributed by atoms with Gasteiger partial charge in [-0.2, -0.15) is 4.31 Å². The molecule has 1 saturated carbocycles. The van der Waals surface area contributed by atoms with Crippen molar-refractivity contribution in [1.29, 1.82) is 0 Å². The van der Waals surface area contributed by atoms with Crippen molar-refractivity contribution in [3.05, 3.63) is 21.3 Å². The molecule has 12 heteroatoms. The fraction of sp³-hybridized carbons (Fsp3) is 0.647. The van der Waals surface area contributed by atoms with Crippen molar-refractivity contribution >= 4 is 44.1 Å². The number of hydrogen-bond donors (Lipinski definition) is 1. The number of nitrogens with one attached hydrogen (secondary N) is 1. The molecule has 1 aliphatic carbocycles. The molecular weight excluding hydrogens is 522 g/mol. The normalized spacial score (nSPS) is 28.9. The van der Waals surface area contributed by atoms with Crippen molar-refractivity contribution in [3.8, 4) is 0 Å². The molecule has 2 aromatic rings. The zero-order valence-electron chi connectivity index (χ0n) is 15.7. The number of nitrogens with zero attached hydrogens (tertiary/aromatic N) is 4. The van der Waals surface area contributed by atoms with Gasteiger partial charge in [-0.3, -0.25) is 0 Å². The lowest BCUT2D eigenvalue weighted by Crippen LogP contribution is -2.49. The van der Waals surface area contributed by atoms with Crippen LogP contribution < -0.4 is 5.32 Å². The van der Waals surface area contributed by atoms with E-state index in [2.05, 4.69) is 15.4 Å². The number of sulfonamides is 1. The highest BCUT2D eigenvalue weighted by atomic mass is 127. The van der Waals surface area contributed by atoms with E-state index in [-0.39, 0.29) is 31.0 Å². The molecule has 4 rings (SSSR count). The van der Waals surface area contributed by atoms with Crippen LogP contribution in [-0.2, 0) is 10.0 Å². The third kappa shape index (κ3) is 3.94. The Labute approximate surface area is 180 Å². The molecule has 2 unspecified atom stereocenters. The van der Waals surface area contributed by atoms with Gasteiger partial charge in [-0.1, -0.05) is 0 Å². The number of alkyl halides is 2. The van der Waals surface area contributed by atoms with Gasteiger partial charge in [-0.05, 0) is 48.3 Å². The molecule has 0 radical (unpaired) electrons. The molecule has 0 aromatic carbocycles. The van der Waals surface area contributed by atoms with Gasteiger partial charge in [0.15, 0.2) is 5.82 Å². The van der Waals surface area contributed by atoms with Gasteiger partial charge in [0.1, 0.15) is 17.9 Å². The molecule has 1 aliphatic heterocycles. The fourth-order valence-corrected chi connectivity index (χ4v) is 5.87. The van der Waals surface area contributed by atoms with Gasteiger partial charge in [-0.25, -0.2) is 31.1 Å². The monoisotopic (exact) mass is 543 g/mol. The predicted octanol–water partition coefficient (Wildman–Crippen LogP) is 2.86. The third-order valence-electron chi connectivity index (χ3n) is 5.67. The summed E-state index contributed by atoms with van der Waals surface area (Å²) in [7, 11) is -3.45. The van der Waals surface area contributed by atoms with Crippen molar-refractivity contribution in [3.63, 3.8) is 0 Å². The Morgan fingerprint density at radius 2 is 2.00 bits per heavy atom. The molecule has 0 bridgehead atoms. The second-order valence-electron chi connectivity index (χ2n) is 7.62. The molecule has 3 heterocycles. The van der Waals surface area contributed by atoms with Gasteiger partial charge in [0.05, 0.1) is 27.8 Å². The highest BCUT2D eigenvalue weighted by Crippen LogP contribution is 2.40. The minimum Gasteiger partial charge on any atom is -0.347 e. The van der Waals surface area contributed by atoms with Crippen LogP contribution in [0.25, 0.3) is 5.52 Å². The van der Waals surface area contributed by atoms with Crippen molar-refractivity contribution in [2.45, 2.75) is 50.0 Å². The minimum atomic E-state index is -3.45. The maximum absolute atomic E-state index is 14.6. The molecule has 160 valence electrons. The Morgan fingerprint density at radius 3 is 2.62 bits per heavy atom. The molecule has 2 aliphatic rings. The van der Waals surface area contributed by atoms with Gasteiger partial charge in [0.25, 0.3) is 0 Å². The Morgan fingerprint density at radius 1 is 1.24 bits per heavy atom. The summed E-state index contributed by atoms with van der Waals surface area (Å²) in [5.41, 5.74) is 0.634. The highest BCUT2D eigenvalue weighted by Gasteiger charge is 2.36. The minimum absolute atomic E-state index is 0.0963. The molecule has 2 fully saturated rings. The summed E-state index contributed by atoms with van der Waals surface area (Å²) < 4.78 is 69.5. The summed E-state index contributed by atoms with van der Waals surface area (Å²) >= 11 is 1.86. The number of piperidine rings is 1. The average molecular weight is 543 g/mol. The first-order valence-corrected chi connectivity index (χ1v) is 12.3. The van der Waals surface area contributed by atoms with E-state index >= 15 is 0 Å². The Bertz CT molecular complexity index is 1030. The first-order chi connectivity index (χ1) is 13.7. The molecule has 2 aromatic heterocycles. The Hall–Kier alpha value is -1.15. The SMILES string of the molecule is CS(=O)(=O)N1CC[C@@H](Nc2ncc3c(F)c(I)c(C4CCCC4F)n3n2)[C@H](F)C1. The molecule has 7 nitrogen and oxygen atoms in total. The second-order valence-corrected chi connectivity index (χ2v) is 10.7. The van der Waals surface area contributed by atoms with E-state index in [9.17, 15) is 21.6 Å². The Balaban J connectivity index is 1.61. The highest BCUT2D eigenvalue weighted by molar-refractivity contribution is 14.1. The number of halogens is 4.